The smallest absolute Gasteiger partial charge is 0.244 e. The van der Waals surface area contributed by atoms with Crippen LogP contribution in [0.4, 0.5) is 5.69 Å². The Morgan fingerprint density at radius 1 is 1.07 bits per heavy atom. The molecule has 2 rings (SSSR count). The zero-order valence-corrected chi connectivity index (χ0v) is 19.4. The number of anilines is 1. The number of carbonyl (C=O) groups excluding carboxylic acids is 1. The summed E-state index contributed by atoms with van der Waals surface area (Å²) in [5, 5.41) is 3.05. The highest BCUT2D eigenvalue weighted by Crippen LogP contribution is 2.26. The number of benzene rings is 2. The number of aryl methyl sites for hydroxylation is 2. The molecule has 0 saturated carbocycles. The van der Waals surface area contributed by atoms with Gasteiger partial charge in [-0.25, -0.2) is 8.42 Å². The van der Waals surface area contributed by atoms with Crippen LogP contribution in [0.2, 0.25) is 0 Å². The monoisotopic (exact) mass is 432 g/mol. The van der Waals surface area contributed by atoms with Crippen molar-refractivity contribution in [2.75, 3.05) is 17.7 Å². The van der Waals surface area contributed by atoms with Gasteiger partial charge in [0.15, 0.2) is 0 Å². The fraction of sp³-hybridized carbons (Fsp3) is 0.435. The average molecular weight is 433 g/mol. The molecule has 6 nitrogen and oxygen atoms in total. The number of nitrogens with zero attached hydrogens (tertiary/aromatic N) is 1. The highest BCUT2D eigenvalue weighted by Gasteiger charge is 2.32. The first-order valence-corrected chi connectivity index (χ1v) is 12.0. The number of ether oxygens (including phenoxy) is 1. The molecule has 0 heterocycles. The molecule has 0 spiro atoms. The topological polar surface area (TPSA) is 75.7 Å². The van der Waals surface area contributed by atoms with Crippen molar-refractivity contribution in [2.45, 2.75) is 52.6 Å². The van der Waals surface area contributed by atoms with Gasteiger partial charge in [-0.05, 0) is 56.0 Å². The number of carbonyl (C=O) groups is 1. The molecule has 0 unspecified atom stereocenters. The van der Waals surface area contributed by atoms with Crippen LogP contribution in [-0.2, 0) is 14.8 Å². The fourth-order valence-corrected chi connectivity index (χ4v) is 4.77. The van der Waals surface area contributed by atoms with Crippen LogP contribution in [0.5, 0.6) is 5.75 Å². The molecule has 1 amide bonds. The summed E-state index contributed by atoms with van der Waals surface area (Å²) in [7, 11) is -2.03. The van der Waals surface area contributed by atoms with Crippen molar-refractivity contribution < 1.29 is 17.9 Å². The molecule has 0 saturated heterocycles. The standard InChI is InChI=1S/C23H32N2O4S/c1-7-20(18-11-14-22(29-5)17(4)15-18)24-23(26)21(8-2)25(30(6,27)28)19-12-9-16(3)10-13-19/h9-15,20-21H,7-8H2,1-6H3,(H,24,26)/t20-,21-/m0/s1. The van der Waals surface area contributed by atoms with Gasteiger partial charge in [0.05, 0.1) is 25.1 Å². The lowest BCUT2D eigenvalue weighted by atomic mass is 10.0. The molecular formula is C23H32N2O4S. The molecule has 164 valence electrons. The summed E-state index contributed by atoms with van der Waals surface area (Å²) in [4.78, 5) is 13.2. The van der Waals surface area contributed by atoms with Crippen LogP contribution in [-0.4, -0.2) is 33.7 Å². The van der Waals surface area contributed by atoms with Gasteiger partial charge in [-0.3, -0.25) is 9.10 Å². The number of hydrogen-bond donors (Lipinski definition) is 1. The SMILES string of the molecule is CC[C@H](NC(=O)[C@H](CC)N(c1ccc(C)cc1)S(C)(=O)=O)c1ccc(OC)c(C)c1. The van der Waals surface area contributed by atoms with Crippen molar-refractivity contribution in [3.63, 3.8) is 0 Å². The van der Waals surface area contributed by atoms with E-state index >= 15 is 0 Å². The lowest BCUT2D eigenvalue weighted by molar-refractivity contribution is -0.123. The van der Waals surface area contributed by atoms with Gasteiger partial charge >= 0.3 is 0 Å². The number of sulfonamides is 1. The normalized spacial score (nSPS) is 13.4. The Kier molecular flexibility index (Phi) is 7.89. The number of nitrogens with one attached hydrogen (secondary N) is 1. The molecule has 0 radical (unpaired) electrons. The zero-order chi connectivity index (χ0) is 22.5. The van der Waals surface area contributed by atoms with E-state index in [1.807, 2.05) is 58.0 Å². The summed E-state index contributed by atoms with van der Waals surface area (Å²) in [6.07, 6.45) is 2.16. The highest BCUT2D eigenvalue weighted by molar-refractivity contribution is 7.92. The number of methoxy groups -OCH3 is 1. The number of amides is 1. The first kappa shape index (κ1) is 23.7. The van der Waals surface area contributed by atoms with E-state index in [-0.39, 0.29) is 11.9 Å². The minimum Gasteiger partial charge on any atom is -0.496 e. The highest BCUT2D eigenvalue weighted by atomic mass is 32.2. The van der Waals surface area contributed by atoms with Gasteiger partial charge in [-0.2, -0.15) is 0 Å². The third-order valence-corrected chi connectivity index (χ3v) is 6.34. The van der Waals surface area contributed by atoms with Crippen molar-refractivity contribution in [3.05, 3.63) is 59.2 Å². The van der Waals surface area contributed by atoms with E-state index in [1.54, 1.807) is 19.2 Å². The molecule has 0 aliphatic rings. The van der Waals surface area contributed by atoms with Gasteiger partial charge in [0.1, 0.15) is 11.8 Å². The van der Waals surface area contributed by atoms with E-state index in [9.17, 15) is 13.2 Å². The first-order valence-electron chi connectivity index (χ1n) is 10.1. The van der Waals surface area contributed by atoms with E-state index < -0.39 is 16.1 Å². The minimum atomic E-state index is -3.65. The third-order valence-electron chi connectivity index (χ3n) is 5.16. The van der Waals surface area contributed by atoms with Gasteiger partial charge in [0, 0.05) is 0 Å². The Morgan fingerprint density at radius 3 is 2.17 bits per heavy atom. The second-order valence-electron chi connectivity index (χ2n) is 7.52. The maximum atomic E-state index is 13.2. The predicted molar refractivity (Wildman–Crippen MR) is 121 cm³/mol. The number of hydrogen-bond acceptors (Lipinski definition) is 4. The van der Waals surface area contributed by atoms with Crippen LogP contribution >= 0.6 is 0 Å². The molecule has 0 aliphatic carbocycles. The third kappa shape index (κ3) is 5.53. The van der Waals surface area contributed by atoms with Crippen LogP contribution in [0.3, 0.4) is 0 Å². The zero-order valence-electron chi connectivity index (χ0n) is 18.6. The van der Waals surface area contributed by atoms with E-state index in [4.69, 9.17) is 4.74 Å². The molecule has 0 aliphatic heterocycles. The average Bonchev–Trinajstić information content (AvgIpc) is 2.70. The first-order chi connectivity index (χ1) is 14.1. The predicted octanol–water partition coefficient (Wildman–Crippen LogP) is 4.12. The van der Waals surface area contributed by atoms with Crippen molar-refractivity contribution in [1.29, 1.82) is 0 Å². The molecular weight excluding hydrogens is 400 g/mol. The second-order valence-corrected chi connectivity index (χ2v) is 9.38. The molecule has 2 aromatic carbocycles. The van der Waals surface area contributed by atoms with E-state index in [2.05, 4.69) is 5.32 Å². The van der Waals surface area contributed by atoms with Crippen LogP contribution < -0.4 is 14.4 Å². The van der Waals surface area contributed by atoms with E-state index in [0.717, 1.165) is 28.7 Å². The Labute approximate surface area is 180 Å². The number of rotatable bonds is 9. The molecule has 0 bridgehead atoms. The molecule has 1 N–H and O–H groups in total. The summed E-state index contributed by atoms with van der Waals surface area (Å²) in [6.45, 7) is 7.69. The minimum absolute atomic E-state index is 0.226. The maximum absolute atomic E-state index is 13.2. The molecule has 2 atom stereocenters. The molecule has 0 aromatic heterocycles. The quantitative estimate of drug-likeness (QED) is 0.647. The van der Waals surface area contributed by atoms with Crippen molar-refractivity contribution in [3.8, 4) is 5.75 Å². The summed E-state index contributed by atoms with van der Waals surface area (Å²) in [5.74, 6) is 0.470. The summed E-state index contributed by atoms with van der Waals surface area (Å²) >= 11 is 0. The van der Waals surface area contributed by atoms with Crippen molar-refractivity contribution in [1.82, 2.24) is 5.32 Å². The van der Waals surface area contributed by atoms with Gasteiger partial charge in [0.2, 0.25) is 15.9 Å². The van der Waals surface area contributed by atoms with Crippen molar-refractivity contribution in [2.24, 2.45) is 0 Å². The largest absolute Gasteiger partial charge is 0.496 e. The second kappa shape index (κ2) is 9.98. The van der Waals surface area contributed by atoms with Crippen molar-refractivity contribution >= 4 is 21.6 Å². The van der Waals surface area contributed by atoms with Crippen LogP contribution in [0, 0.1) is 13.8 Å². The van der Waals surface area contributed by atoms with E-state index in [1.165, 1.54) is 4.31 Å². The van der Waals surface area contributed by atoms with Crippen LogP contribution in [0.15, 0.2) is 42.5 Å². The summed E-state index contributed by atoms with van der Waals surface area (Å²) in [6, 6.07) is 11.9. The van der Waals surface area contributed by atoms with Crippen LogP contribution in [0.25, 0.3) is 0 Å². The molecule has 30 heavy (non-hydrogen) atoms. The van der Waals surface area contributed by atoms with Crippen LogP contribution in [0.1, 0.15) is 49.4 Å². The van der Waals surface area contributed by atoms with Gasteiger partial charge < -0.3 is 10.1 Å². The lowest BCUT2D eigenvalue weighted by Gasteiger charge is -2.31. The van der Waals surface area contributed by atoms with Gasteiger partial charge in [0.25, 0.3) is 0 Å². The Bertz CT molecular complexity index is 971. The van der Waals surface area contributed by atoms with Gasteiger partial charge in [-0.1, -0.05) is 43.7 Å². The molecule has 2 aromatic rings. The Hall–Kier alpha value is -2.54. The van der Waals surface area contributed by atoms with Gasteiger partial charge in [-0.15, -0.1) is 0 Å². The fourth-order valence-electron chi connectivity index (χ4n) is 3.56. The molecule has 0 fully saturated rings. The Balaban J connectivity index is 2.34. The maximum Gasteiger partial charge on any atom is 0.244 e. The summed E-state index contributed by atoms with van der Waals surface area (Å²) in [5.41, 5.74) is 3.44. The van der Waals surface area contributed by atoms with E-state index in [0.29, 0.717) is 18.5 Å². The Morgan fingerprint density at radius 2 is 1.70 bits per heavy atom. The molecule has 7 heteroatoms. The summed E-state index contributed by atoms with van der Waals surface area (Å²) < 4.78 is 31.7. The lowest BCUT2D eigenvalue weighted by Crippen LogP contribution is -2.50.